The van der Waals surface area contributed by atoms with Gasteiger partial charge in [-0.05, 0) is 44.9 Å². The number of benzene rings is 1. The lowest BCUT2D eigenvalue weighted by molar-refractivity contribution is 0.222. The number of nitrogens with one attached hydrogen (secondary N) is 1. The van der Waals surface area contributed by atoms with Crippen LogP contribution in [0, 0.1) is 13.8 Å². The summed E-state index contributed by atoms with van der Waals surface area (Å²) in [6, 6.07) is 7.30. The second-order valence-corrected chi connectivity index (χ2v) is 5.80. The molecule has 24 heavy (non-hydrogen) atoms. The lowest BCUT2D eigenvalue weighted by Gasteiger charge is -2.19. The van der Waals surface area contributed by atoms with Gasteiger partial charge in [-0.1, -0.05) is 12.1 Å². The molecule has 0 spiro atoms. The average molecular weight is 330 g/mol. The van der Waals surface area contributed by atoms with Crippen molar-refractivity contribution in [2.75, 3.05) is 25.5 Å². The number of urea groups is 1. The van der Waals surface area contributed by atoms with Gasteiger partial charge >= 0.3 is 6.03 Å². The third-order valence-corrected chi connectivity index (χ3v) is 4.13. The Hall–Kier alpha value is -2.50. The van der Waals surface area contributed by atoms with Crippen LogP contribution in [-0.4, -0.2) is 40.9 Å². The molecule has 0 atom stereocenters. The number of aryl methyl sites for hydroxylation is 2. The maximum Gasteiger partial charge on any atom is 0.321 e. The molecule has 1 aromatic carbocycles. The van der Waals surface area contributed by atoms with E-state index in [1.54, 1.807) is 11.9 Å². The molecule has 6 heteroatoms. The molecule has 0 unspecified atom stereocenters. The van der Waals surface area contributed by atoms with Gasteiger partial charge in [-0.2, -0.15) is 5.10 Å². The molecule has 0 saturated carbocycles. The van der Waals surface area contributed by atoms with Gasteiger partial charge in [0.05, 0.1) is 18.0 Å². The van der Waals surface area contributed by atoms with Gasteiger partial charge in [0.1, 0.15) is 5.75 Å². The third kappa shape index (κ3) is 4.07. The van der Waals surface area contributed by atoms with Crippen molar-refractivity contribution in [3.63, 3.8) is 0 Å². The molecule has 0 saturated heterocycles. The molecule has 1 N–H and O–H groups in total. The van der Waals surface area contributed by atoms with Crippen LogP contribution in [0.1, 0.15) is 23.9 Å². The summed E-state index contributed by atoms with van der Waals surface area (Å²) in [5, 5.41) is 7.32. The summed E-state index contributed by atoms with van der Waals surface area (Å²) in [7, 11) is 3.73. The van der Waals surface area contributed by atoms with Crippen molar-refractivity contribution in [1.82, 2.24) is 14.7 Å². The van der Waals surface area contributed by atoms with E-state index in [0.717, 1.165) is 17.8 Å². The van der Waals surface area contributed by atoms with Crippen LogP contribution in [0.3, 0.4) is 0 Å². The summed E-state index contributed by atoms with van der Waals surface area (Å²) >= 11 is 0. The topological polar surface area (TPSA) is 59.4 Å². The average Bonchev–Trinajstić information content (AvgIpc) is 2.80. The number of rotatable bonds is 6. The minimum Gasteiger partial charge on any atom is -0.492 e. The van der Waals surface area contributed by atoms with Crippen LogP contribution in [0.5, 0.6) is 5.75 Å². The maximum atomic E-state index is 12.4. The number of ether oxygens (including phenoxy) is 1. The Labute approximate surface area is 143 Å². The number of carbonyl (C=O) groups excluding carboxylic acids is 1. The Bertz CT molecular complexity index is 709. The molecule has 2 amide bonds. The number of nitrogens with zero attached hydrogens (tertiary/aromatic N) is 3. The highest BCUT2D eigenvalue weighted by atomic mass is 16.5. The van der Waals surface area contributed by atoms with Crippen molar-refractivity contribution in [3.8, 4) is 5.75 Å². The number of aromatic nitrogens is 2. The molecule has 2 rings (SSSR count). The molecule has 0 aliphatic rings. The van der Waals surface area contributed by atoms with Crippen LogP contribution < -0.4 is 10.1 Å². The largest absolute Gasteiger partial charge is 0.492 e. The van der Waals surface area contributed by atoms with E-state index < -0.39 is 0 Å². The fourth-order valence-corrected chi connectivity index (χ4v) is 2.62. The summed E-state index contributed by atoms with van der Waals surface area (Å²) in [4.78, 5) is 14.1. The van der Waals surface area contributed by atoms with E-state index >= 15 is 0 Å². The van der Waals surface area contributed by atoms with Crippen LogP contribution in [-0.2, 0) is 13.5 Å². The smallest absolute Gasteiger partial charge is 0.321 e. The van der Waals surface area contributed by atoms with Crippen LogP contribution in [0.2, 0.25) is 0 Å². The summed E-state index contributed by atoms with van der Waals surface area (Å²) in [5.74, 6) is 0.681. The zero-order chi connectivity index (χ0) is 17.7. The number of hydrogen-bond acceptors (Lipinski definition) is 3. The van der Waals surface area contributed by atoms with E-state index in [1.807, 2.05) is 56.8 Å². The molecule has 0 bridgehead atoms. The zero-order valence-electron chi connectivity index (χ0n) is 15.1. The monoisotopic (exact) mass is 330 g/mol. The lowest BCUT2D eigenvalue weighted by Crippen LogP contribution is -2.33. The molecule has 130 valence electrons. The molecule has 2 aromatic rings. The van der Waals surface area contributed by atoms with Crippen LogP contribution in [0.25, 0.3) is 0 Å². The zero-order valence-corrected chi connectivity index (χ0v) is 15.1. The first kappa shape index (κ1) is 17.8. The standard InChI is InChI=1S/C18H26N4O2/c1-6-24-17-10-8-7-9-16(17)19-18(23)21(4)12-11-15-13(2)20-22(5)14(15)3/h7-10H,6,11-12H2,1-5H3,(H,19,23). The molecule has 0 aliphatic carbocycles. The molecule has 0 radical (unpaired) electrons. The highest BCUT2D eigenvalue weighted by Gasteiger charge is 2.14. The predicted molar refractivity (Wildman–Crippen MR) is 95.6 cm³/mol. The first-order valence-electron chi connectivity index (χ1n) is 8.17. The molecule has 1 heterocycles. The molecular formula is C18H26N4O2. The Morgan fingerprint density at radius 3 is 2.67 bits per heavy atom. The van der Waals surface area contributed by atoms with Crippen molar-refractivity contribution in [2.24, 2.45) is 7.05 Å². The van der Waals surface area contributed by atoms with Gasteiger partial charge in [0.25, 0.3) is 0 Å². The van der Waals surface area contributed by atoms with Gasteiger partial charge in [0, 0.05) is 26.3 Å². The van der Waals surface area contributed by atoms with Crippen molar-refractivity contribution in [1.29, 1.82) is 0 Å². The van der Waals surface area contributed by atoms with Crippen molar-refractivity contribution < 1.29 is 9.53 Å². The number of para-hydroxylation sites is 2. The van der Waals surface area contributed by atoms with E-state index in [9.17, 15) is 4.79 Å². The van der Waals surface area contributed by atoms with E-state index in [1.165, 1.54) is 5.56 Å². The Kier molecular flexibility index (Phi) is 5.84. The summed E-state index contributed by atoms with van der Waals surface area (Å²) in [5.41, 5.74) is 4.05. The summed E-state index contributed by atoms with van der Waals surface area (Å²) < 4.78 is 7.41. The first-order chi connectivity index (χ1) is 11.4. The minimum atomic E-state index is -0.152. The van der Waals surface area contributed by atoms with Crippen molar-refractivity contribution in [2.45, 2.75) is 27.2 Å². The first-order valence-corrected chi connectivity index (χ1v) is 8.17. The summed E-state index contributed by atoms with van der Waals surface area (Å²) in [6.45, 7) is 7.15. The van der Waals surface area contributed by atoms with Crippen LogP contribution in [0.15, 0.2) is 24.3 Å². The predicted octanol–water partition coefficient (Wildman–Crippen LogP) is 3.14. The van der Waals surface area contributed by atoms with Crippen LogP contribution in [0.4, 0.5) is 10.5 Å². The second-order valence-electron chi connectivity index (χ2n) is 5.80. The second kappa shape index (κ2) is 7.86. The SMILES string of the molecule is CCOc1ccccc1NC(=O)N(C)CCc1c(C)nn(C)c1C. The molecule has 0 aliphatic heterocycles. The Morgan fingerprint density at radius 2 is 2.04 bits per heavy atom. The number of carbonyl (C=O) groups is 1. The van der Waals surface area contributed by atoms with E-state index in [0.29, 0.717) is 24.6 Å². The highest BCUT2D eigenvalue weighted by molar-refractivity contribution is 5.90. The van der Waals surface area contributed by atoms with Gasteiger partial charge in [-0.15, -0.1) is 0 Å². The fourth-order valence-electron chi connectivity index (χ4n) is 2.62. The highest BCUT2D eigenvalue weighted by Crippen LogP contribution is 2.24. The van der Waals surface area contributed by atoms with E-state index in [2.05, 4.69) is 10.4 Å². The van der Waals surface area contributed by atoms with Gasteiger partial charge in [-0.3, -0.25) is 4.68 Å². The van der Waals surface area contributed by atoms with Crippen molar-refractivity contribution in [3.05, 3.63) is 41.2 Å². The van der Waals surface area contributed by atoms with Crippen molar-refractivity contribution >= 4 is 11.7 Å². The number of likely N-dealkylation sites (N-methyl/N-ethyl adjacent to an activating group) is 1. The maximum absolute atomic E-state index is 12.4. The van der Waals surface area contributed by atoms with Gasteiger partial charge in [0.2, 0.25) is 0 Å². The molecule has 0 fully saturated rings. The summed E-state index contributed by atoms with van der Waals surface area (Å²) in [6.07, 6.45) is 0.780. The number of amides is 2. The van der Waals surface area contributed by atoms with E-state index in [4.69, 9.17) is 4.74 Å². The Balaban J connectivity index is 1.98. The van der Waals surface area contributed by atoms with E-state index in [-0.39, 0.29) is 6.03 Å². The third-order valence-electron chi connectivity index (χ3n) is 4.13. The quantitative estimate of drug-likeness (QED) is 0.885. The fraction of sp³-hybridized carbons (Fsp3) is 0.444. The molecular weight excluding hydrogens is 304 g/mol. The lowest BCUT2D eigenvalue weighted by atomic mass is 10.1. The Morgan fingerprint density at radius 1 is 1.33 bits per heavy atom. The van der Waals surface area contributed by atoms with Gasteiger partial charge in [-0.25, -0.2) is 4.79 Å². The van der Waals surface area contributed by atoms with Gasteiger partial charge in [0.15, 0.2) is 0 Å². The van der Waals surface area contributed by atoms with Gasteiger partial charge < -0.3 is 15.0 Å². The minimum absolute atomic E-state index is 0.152. The number of hydrogen-bond donors (Lipinski definition) is 1. The molecule has 6 nitrogen and oxygen atoms in total. The van der Waals surface area contributed by atoms with Crippen LogP contribution >= 0.6 is 0 Å². The number of anilines is 1. The normalized spacial score (nSPS) is 10.5. The molecule has 1 aromatic heterocycles.